The van der Waals surface area contributed by atoms with E-state index in [1.165, 1.54) is 54.6 Å². The van der Waals surface area contributed by atoms with Gasteiger partial charge in [-0.15, -0.1) is 0 Å². The highest BCUT2D eigenvalue weighted by atomic mass is 19.4. The Hall–Kier alpha value is -14.4. The van der Waals surface area contributed by atoms with Gasteiger partial charge in [-0.3, -0.25) is 0 Å². The minimum atomic E-state index is -4.24. The zero-order valence-electron chi connectivity index (χ0n) is 85.4. The van der Waals surface area contributed by atoms with Crippen LogP contribution in [-0.2, 0) is 24.7 Å². The highest BCUT2D eigenvalue weighted by Gasteiger charge is 2.36. The maximum atomic E-state index is 12.4. The summed E-state index contributed by atoms with van der Waals surface area (Å²) in [5, 5.41) is 122. The van der Waals surface area contributed by atoms with Gasteiger partial charge in [0.15, 0.2) is 11.5 Å². The SMILES string of the molecule is CC.CC.CC.CC.CC(C)c1ccc(O)c(O)c1.Cc1cc(C(C)C)cc(C(F)(F)F)c1.Cc1cc(C(C)C)cc(C(F)(F)F)c1.Cc1cc(C(C)C)cc(C(F)(F)F)c1.Cc1cc(C(C)C)cc(C(F)(F)F)c1.Oc1cc(O)cc(O)c1.Oc1ccc(C(c2ccc(O)cc2)C(c2ccc(O)cc2)c2ccc(O)cc2)cc1.Oc1ccc(C(c2ccc(O)cc2)C(c2ccc(O)cc2)c2ccc(O)cc2)cc1. The summed E-state index contributed by atoms with van der Waals surface area (Å²) in [5.74, 6) is 1.27. The van der Waals surface area contributed by atoms with Crippen LogP contribution in [0.15, 0.2) is 303 Å². The number of phenols is 13. The van der Waals surface area contributed by atoms with Gasteiger partial charge in [-0.05, 0) is 287 Å². The smallest absolute Gasteiger partial charge is 0.416 e. The summed E-state index contributed by atoms with van der Waals surface area (Å²) in [4.78, 5) is 0. The third-order valence-electron chi connectivity index (χ3n) is 21.6. The number of benzene rings is 14. The van der Waals surface area contributed by atoms with E-state index in [0.29, 0.717) is 28.2 Å². The van der Waals surface area contributed by atoms with Crippen molar-refractivity contribution in [2.24, 2.45) is 0 Å². The predicted octanol–water partition coefficient (Wildman–Crippen LogP) is 34.6. The van der Waals surface area contributed by atoms with Crippen molar-refractivity contribution in [1.82, 2.24) is 0 Å². The van der Waals surface area contributed by atoms with Crippen LogP contribution in [0.2, 0.25) is 0 Å². The zero-order chi connectivity index (χ0) is 109. The Morgan fingerprint density at radius 2 is 0.292 bits per heavy atom. The third-order valence-corrected chi connectivity index (χ3v) is 21.6. The van der Waals surface area contributed by atoms with Crippen molar-refractivity contribution < 1.29 is 119 Å². The highest BCUT2D eigenvalue weighted by molar-refractivity contribution is 5.52. The summed E-state index contributed by atoms with van der Waals surface area (Å²) in [6.07, 6.45) is -17.0. The van der Waals surface area contributed by atoms with Gasteiger partial charge in [0, 0.05) is 41.9 Å². The molecule has 0 aliphatic heterocycles. The summed E-state index contributed by atoms with van der Waals surface area (Å²) in [5.41, 5.74) is 12.3. The fourth-order valence-corrected chi connectivity index (χ4v) is 14.5. The molecule has 0 atom stereocenters. The van der Waals surface area contributed by atoms with Crippen molar-refractivity contribution in [3.63, 3.8) is 0 Å². The molecule has 0 aliphatic rings. The van der Waals surface area contributed by atoms with E-state index in [4.69, 9.17) is 25.5 Å². The molecule has 0 saturated carbocycles. The van der Waals surface area contributed by atoms with E-state index in [9.17, 15) is 93.5 Å². The molecule has 14 aromatic rings. The predicted molar refractivity (Wildman–Crippen MR) is 554 cm³/mol. The molecule has 0 saturated heterocycles. The van der Waals surface area contributed by atoms with Crippen molar-refractivity contribution in [3.05, 3.63) is 420 Å². The van der Waals surface area contributed by atoms with Crippen LogP contribution >= 0.6 is 0 Å². The van der Waals surface area contributed by atoms with Gasteiger partial charge in [-0.1, -0.05) is 274 Å². The highest BCUT2D eigenvalue weighted by Crippen LogP contribution is 2.48. The lowest BCUT2D eigenvalue weighted by molar-refractivity contribution is -0.138. The summed E-state index contributed by atoms with van der Waals surface area (Å²) in [7, 11) is 0. The number of hydrogen-bond donors (Lipinski definition) is 13. The van der Waals surface area contributed by atoms with E-state index in [1.807, 2.05) is 222 Å². The van der Waals surface area contributed by atoms with Crippen molar-refractivity contribution in [2.45, 2.75) is 230 Å². The molecule has 0 heterocycles. The van der Waals surface area contributed by atoms with Crippen LogP contribution in [0.25, 0.3) is 0 Å². The number of alkyl halides is 12. The maximum absolute atomic E-state index is 12.4. The number of halogens is 12. The van der Waals surface area contributed by atoms with E-state index in [0.717, 1.165) is 90.5 Å². The number of rotatable bonds is 15. The first-order valence-corrected chi connectivity index (χ1v) is 47.3. The molecule has 0 radical (unpaired) electrons. The van der Waals surface area contributed by atoms with Crippen LogP contribution < -0.4 is 0 Å². The van der Waals surface area contributed by atoms with Gasteiger partial charge in [0.1, 0.15) is 63.2 Å². The minimum absolute atomic E-state index is 0.0452. The molecule has 14 aromatic carbocycles. The molecule has 13 N–H and O–H groups in total. The van der Waals surface area contributed by atoms with Crippen LogP contribution in [0.1, 0.15) is 295 Å². The first kappa shape index (κ1) is 124. The maximum Gasteiger partial charge on any atom is 0.416 e. The molecule has 0 aromatic heterocycles. The van der Waals surface area contributed by atoms with E-state index in [-0.39, 0.29) is 122 Å². The second-order valence-electron chi connectivity index (χ2n) is 34.4. The van der Waals surface area contributed by atoms with Crippen LogP contribution in [0, 0.1) is 27.7 Å². The molecular formula is C119H138F12O13. The first-order chi connectivity index (χ1) is 67.5. The molecule has 0 aliphatic carbocycles. The number of aryl methyl sites for hydroxylation is 4. The Morgan fingerprint density at radius 3 is 0.417 bits per heavy atom. The molecule has 0 spiro atoms. The summed E-state index contributed by atoms with van der Waals surface area (Å²) >= 11 is 0. The number of phenolic OH excluding ortho intramolecular Hbond substituents is 13. The van der Waals surface area contributed by atoms with Crippen molar-refractivity contribution >= 4 is 0 Å². The van der Waals surface area contributed by atoms with Crippen LogP contribution in [0.4, 0.5) is 52.7 Å². The molecule has 13 nitrogen and oxygen atoms in total. The number of hydrogen-bond acceptors (Lipinski definition) is 13. The van der Waals surface area contributed by atoms with Crippen molar-refractivity contribution in [2.75, 3.05) is 0 Å². The second-order valence-corrected chi connectivity index (χ2v) is 34.4. The van der Waals surface area contributed by atoms with Gasteiger partial charge in [-0.2, -0.15) is 52.7 Å². The quantitative estimate of drug-likeness (QED) is 0.0337. The molecular weight excluding hydrogens is 1870 g/mol. The van der Waals surface area contributed by atoms with Gasteiger partial charge in [-0.25, -0.2) is 0 Å². The van der Waals surface area contributed by atoms with Crippen molar-refractivity contribution in [1.29, 1.82) is 0 Å². The molecule has 776 valence electrons. The van der Waals surface area contributed by atoms with Crippen LogP contribution in [0.3, 0.4) is 0 Å². The zero-order valence-corrected chi connectivity index (χ0v) is 85.4. The number of aromatic hydroxyl groups is 13. The lowest BCUT2D eigenvalue weighted by Gasteiger charge is -2.29. The topological polar surface area (TPSA) is 263 Å². The molecule has 14 rings (SSSR count). The average molecular weight is 2000 g/mol. The lowest BCUT2D eigenvalue weighted by atomic mass is 9.73. The normalized spacial score (nSPS) is 10.9. The molecule has 25 heteroatoms. The third kappa shape index (κ3) is 41.3. The molecule has 0 fully saturated rings. The van der Waals surface area contributed by atoms with Gasteiger partial charge in [0.05, 0.1) is 22.3 Å². The Balaban J connectivity index is 0.000000433. The van der Waals surface area contributed by atoms with E-state index >= 15 is 0 Å². The van der Waals surface area contributed by atoms with E-state index in [2.05, 4.69) is 0 Å². The molecule has 0 bridgehead atoms. The summed E-state index contributed by atoms with van der Waals surface area (Å²) < 4.78 is 149. The summed E-state index contributed by atoms with van der Waals surface area (Å²) in [6.45, 7) is 41.9. The van der Waals surface area contributed by atoms with Gasteiger partial charge in [0.2, 0.25) is 0 Å². The fourth-order valence-electron chi connectivity index (χ4n) is 14.5. The van der Waals surface area contributed by atoms with Crippen molar-refractivity contribution in [3.8, 4) is 74.7 Å². The Morgan fingerprint density at radius 1 is 0.153 bits per heavy atom. The van der Waals surface area contributed by atoms with E-state index in [1.54, 1.807) is 161 Å². The Labute approximate surface area is 839 Å². The van der Waals surface area contributed by atoms with Crippen LogP contribution in [-0.4, -0.2) is 66.4 Å². The van der Waals surface area contributed by atoms with Crippen LogP contribution in [0.5, 0.6) is 74.7 Å². The van der Waals surface area contributed by atoms with Gasteiger partial charge >= 0.3 is 24.7 Å². The fraction of sp³-hybridized carbons (Fsp3) is 0.294. The minimum Gasteiger partial charge on any atom is -0.508 e. The molecule has 144 heavy (non-hydrogen) atoms. The second kappa shape index (κ2) is 58.9. The lowest BCUT2D eigenvalue weighted by Crippen LogP contribution is -2.14. The summed E-state index contributed by atoms with van der Waals surface area (Å²) in [6, 6.07) is 81.8. The van der Waals surface area contributed by atoms with Gasteiger partial charge < -0.3 is 66.4 Å². The molecule has 0 amide bonds. The van der Waals surface area contributed by atoms with E-state index < -0.39 is 47.0 Å². The Kier molecular flexibility index (Phi) is 50.6. The average Bonchev–Trinajstić information content (AvgIpc) is 0.780. The van der Waals surface area contributed by atoms with Gasteiger partial charge in [0.25, 0.3) is 0 Å². The monoisotopic (exact) mass is 2000 g/mol. The Bertz CT molecular complexity index is 5210. The largest absolute Gasteiger partial charge is 0.508 e. The molecule has 0 unspecified atom stereocenters. The standard InChI is InChI=1S/2C26H22O4.4C11H13F3.C9H12O2.C6H6O3.4C2H6/c2*27-21-9-1-17(2-10-21)25(18-3-11-22(28)12-4-18)26(19-5-13-23(29)14-6-19)20-7-15-24(30)16-8-20;4*1-7(2)9-4-8(3)5-10(6-9)11(12,13)14;1-6(2)7-3-4-8(10)9(11)5-7;7-4-1-5(8)3-6(9)2-4;4*1-2/h2*1-16,25-30H;4*4-7H,1-3H3;3-6,10-11H,1-2H3;1-3,7-9H;4*1-2H3. The first-order valence-electron chi connectivity index (χ1n) is 47.3.